The van der Waals surface area contributed by atoms with Crippen LogP contribution in [0.1, 0.15) is 28.4 Å². The minimum atomic E-state index is -2.90. The van der Waals surface area contributed by atoms with Crippen LogP contribution in [-0.2, 0) is 0 Å². The highest BCUT2D eigenvalue weighted by Gasteiger charge is 2.15. The summed E-state index contributed by atoms with van der Waals surface area (Å²) in [5, 5.41) is 12.0. The number of halogens is 2. The van der Waals surface area contributed by atoms with Crippen molar-refractivity contribution in [3.05, 3.63) is 65.7 Å². The number of hydrogen-bond acceptors (Lipinski definition) is 3. The minimum Gasteiger partial charge on any atom is -0.435 e. The summed E-state index contributed by atoms with van der Waals surface area (Å²) in [6, 6.07) is 14.4. The van der Waals surface area contributed by atoms with Gasteiger partial charge in [0.2, 0.25) is 0 Å². The lowest BCUT2D eigenvalue weighted by Crippen LogP contribution is -2.29. The van der Waals surface area contributed by atoms with E-state index in [9.17, 15) is 13.6 Å². The summed E-state index contributed by atoms with van der Waals surface area (Å²) in [6.45, 7) is -2.97. The first-order chi connectivity index (χ1) is 11.1. The third-order valence-corrected chi connectivity index (χ3v) is 3.27. The molecule has 0 aliphatic carbocycles. The normalized spacial score (nSPS) is 12.0. The van der Waals surface area contributed by atoms with Crippen LogP contribution in [0.15, 0.2) is 54.6 Å². The molecule has 0 bridgehead atoms. The lowest BCUT2D eigenvalue weighted by atomic mass is 10.0. The zero-order chi connectivity index (χ0) is 16.7. The molecule has 2 aromatic carbocycles. The molecule has 0 saturated heterocycles. The van der Waals surface area contributed by atoms with Gasteiger partial charge in [0.1, 0.15) is 5.75 Å². The second-order valence-electron chi connectivity index (χ2n) is 4.85. The molecule has 2 aromatic rings. The molecule has 0 aliphatic rings. The molecule has 0 fully saturated rings. The van der Waals surface area contributed by atoms with Gasteiger partial charge in [-0.15, -0.1) is 0 Å². The van der Waals surface area contributed by atoms with E-state index in [1.54, 1.807) is 0 Å². The van der Waals surface area contributed by atoms with Gasteiger partial charge in [-0.3, -0.25) is 4.79 Å². The standard InChI is InChI=1S/C17H17F2NO3/c18-17(19)23-14-8-6-13(7-9-14)16(22)20-15(10-11-21)12-4-2-1-3-5-12/h1-9,15,17,21H,10-11H2,(H,20,22). The first kappa shape index (κ1) is 16.9. The number of carbonyl (C=O) groups excluding carboxylic acids is 1. The summed E-state index contributed by atoms with van der Waals surface area (Å²) >= 11 is 0. The first-order valence-corrected chi connectivity index (χ1v) is 7.11. The smallest absolute Gasteiger partial charge is 0.387 e. The van der Waals surface area contributed by atoms with E-state index in [0.29, 0.717) is 12.0 Å². The van der Waals surface area contributed by atoms with Crippen molar-refractivity contribution in [2.45, 2.75) is 19.1 Å². The van der Waals surface area contributed by atoms with Crippen molar-refractivity contribution < 1.29 is 23.4 Å². The van der Waals surface area contributed by atoms with Gasteiger partial charge in [0, 0.05) is 12.2 Å². The summed E-state index contributed by atoms with van der Waals surface area (Å²) in [7, 11) is 0. The summed E-state index contributed by atoms with van der Waals surface area (Å²) in [5.74, 6) is -0.359. The summed E-state index contributed by atoms with van der Waals surface area (Å²) in [5.41, 5.74) is 1.21. The van der Waals surface area contributed by atoms with Gasteiger partial charge in [-0.05, 0) is 36.2 Å². The van der Waals surface area contributed by atoms with Gasteiger partial charge >= 0.3 is 6.61 Å². The Morgan fingerprint density at radius 1 is 1.09 bits per heavy atom. The van der Waals surface area contributed by atoms with Crippen LogP contribution in [0, 0.1) is 0 Å². The van der Waals surface area contributed by atoms with Gasteiger partial charge in [0.25, 0.3) is 5.91 Å². The van der Waals surface area contributed by atoms with Crippen LogP contribution >= 0.6 is 0 Å². The molecular weight excluding hydrogens is 304 g/mol. The number of alkyl halides is 2. The molecule has 122 valence electrons. The maximum atomic E-state index is 12.3. The Labute approximate surface area is 132 Å². The fraction of sp³-hybridized carbons (Fsp3) is 0.235. The number of benzene rings is 2. The zero-order valence-electron chi connectivity index (χ0n) is 12.3. The van der Waals surface area contributed by atoms with Crippen molar-refractivity contribution in [2.75, 3.05) is 6.61 Å². The molecule has 4 nitrogen and oxygen atoms in total. The van der Waals surface area contributed by atoms with Crippen LogP contribution < -0.4 is 10.1 Å². The van der Waals surface area contributed by atoms with Crippen LogP contribution in [0.4, 0.5) is 8.78 Å². The molecule has 0 radical (unpaired) electrons. The molecule has 2 rings (SSSR count). The molecule has 0 saturated carbocycles. The quantitative estimate of drug-likeness (QED) is 0.824. The Bertz CT molecular complexity index is 617. The van der Waals surface area contributed by atoms with Gasteiger partial charge < -0.3 is 15.2 Å². The van der Waals surface area contributed by atoms with Gasteiger partial charge in [0.05, 0.1) is 6.04 Å². The van der Waals surface area contributed by atoms with E-state index in [-0.39, 0.29) is 24.3 Å². The van der Waals surface area contributed by atoms with Gasteiger partial charge in [-0.2, -0.15) is 8.78 Å². The Morgan fingerprint density at radius 2 is 1.74 bits per heavy atom. The number of rotatable bonds is 7. The number of amides is 1. The van der Waals surface area contributed by atoms with E-state index in [1.165, 1.54) is 24.3 Å². The molecule has 23 heavy (non-hydrogen) atoms. The number of aliphatic hydroxyl groups is 1. The molecule has 2 N–H and O–H groups in total. The van der Waals surface area contributed by atoms with Crippen molar-refractivity contribution in [1.82, 2.24) is 5.32 Å². The molecule has 0 aromatic heterocycles. The topological polar surface area (TPSA) is 58.6 Å². The molecule has 0 aliphatic heterocycles. The molecule has 6 heteroatoms. The van der Waals surface area contributed by atoms with Crippen LogP contribution in [0.2, 0.25) is 0 Å². The van der Waals surface area contributed by atoms with E-state index in [0.717, 1.165) is 5.56 Å². The Balaban J connectivity index is 2.06. The molecule has 1 unspecified atom stereocenters. The fourth-order valence-corrected chi connectivity index (χ4v) is 2.17. The number of carbonyl (C=O) groups is 1. The van der Waals surface area contributed by atoms with Crippen LogP contribution in [-0.4, -0.2) is 24.2 Å². The second-order valence-corrected chi connectivity index (χ2v) is 4.85. The van der Waals surface area contributed by atoms with Crippen LogP contribution in [0.3, 0.4) is 0 Å². The maximum absolute atomic E-state index is 12.3. The van der Waals surface area contributed by atoms with Crippen molar-refractivity contribution in [3.63, 3.8) is 0 Å². The predicted octanol–water partition coefficient (Wildman–Crippen LogP) is 3.14. The van der Waals surface area contributed by atoms with E-state index in [4.69, 9.17) is 5.11 Å². The van der Waals surface area contributed by atoms with Crippen molar-refractivity contribution in [3.8, 4) is 5.75 Å². The van der Waals surface area contributed by atoms with E-state index in [1.807, 2.05) is 30.3 Å². The van der Waals surface area contributed by atoms with Crippen LogP contribution in [0.5, 0.6) is 5.75 Å². The number of ether oxygens (including phenoxy) is 1. The van der Waals surface area contributed by atoms with Gasteiger partial charge in [-0.1, -0.05) is 30.3 Å². The average molecular weight is 321 g/mol. The molecule has 1 amide bonds. The van der Waals surface area contributed by atoms with Crippen molar-refractivity contribution >= 4 is 5.91 Å². The monoisotopic (exact) mass is 321 g/mol. The van der Waals surface area contributed by atoms with Crippen molar-refractivity contribution in [1.29, 1.82) is 0 Å². The Morgan fingerprint density at radius 3 is 2.30 bits per heavy atom. The second kappa shape index (κ2) is 8.24. The molecule has 1 atom stereocenters. The number of nitrogens with one attached hydrogen (secondary N) is 1. The zero-order valence-corrected chi connectivity index (χ0v) is 12.3. The summed E-state index contributed by atoms with van der Waals surface area (Å²) in [4.78, 5) is 12.3. The SMILES string of the molecule is O=C(NC(CCO)c1ccccc1)c1ccc(OC(F)F)cc1. The maximum Gasteiger partial charge on any atom is 0.387 e. The van der Waals surface area contributed by atoms with Gasteiger partial charge in [-0.25, -0.2) is 0 Å². The lowest BCUT2D eigenvalue weighted by molar-refractivity contribution is -0.0498. The number of aliphatic hydroxyl groups excluding tert-OH is 1. The summed E-state index contributed by atoms with van der Waals surface area (Å²) in [6.07, 6.45) is 0.377. The predicted molar refractivity (Wildman–Crippen MR) is 81.4 cm³/mol. The highest BCUT2D eigenvalue weighted by Crippen LogP contribution is 2.18. The van der Waals surface area contributed by atoms with Gasteiger partial charge in [0.15, 0.2) is 0 Å². The third-order valence-electron chi connectivity index (χ3n) is 3.27. The highest BCUT2D eigenvalue weighted by atomic mass is 19.3. The lowest BCUT2D eigenvalue weighted by Gasteiger charge is -2.18. The third kappa shape index (κ3) is 5.03. The largest absolute Gasteiger partial charge is 0.435 e. The first-order valence-electron chi connectivity index (χ1n) is 7.11. The van der Waals surface area contributed by atoms with E-state index < -0.39 is 6.61 Å². The Hall–Kier alpha value is -2.47. The molecule has 0 heterocycles. The fourth-order valence-electron chi connectivity index (χ4n) is 2.17. The van der Waals surface area contributed by atoms with Crippen molar-refractivity contribution in [2.24, 2.45) is 0 Å². The molecular formula is C17H17F2NO3. The van der Waals surface area contributed by atoms with Crippen LogP contribution in [0.25, 0.3) is 0 Å². The van der Waals surface area contributed by atoms with E-state index >= 15 is 0 Å². The minimum absolute atomic E-state index is 0.00785. The summed E-state index contributed by atoms with van der Waals surface area (Å²) < 4.78 is 28.4. The molecule has 0 spiro atoms. The average Bonchev–Trinajstić information content (AvgIpc) is 2.55. The Kier molecular flexibility index (Phi) is 6.05. The van der Waals surface area contributed by atoms with E-state index in [2.05, 4.69) is 10.1 Å². The number of hydrogen-bond donors (Lipinski definition) is 2. The highest BCUT2D eigenvalue weighted by molar-refractivity contribution is 5.94.